The van der Waals surface area contributed by atoms with Crippen LogP contribution in [-0.2, 0) is 16.6 Å². The van der Waals surface area contributed by atoms with Crippen molar-refractivity contribution in [3.05, 3.63) is 46.8 Å². The van der Waals surface area contributed by atoms with Gasteiger partial charge in [0.1, 0.15) is 0 Å². The van der Waals surface area contributed by atoms with Crippen molar-refractivity contribution in [1.82, 2.24) is 10.2 Å². The van der Waals surface area contributed by atoms with Crippen LogP contribution in [0.4, 0.5) is 14.5 Å². The number of alkyl halides is 2. The van der Waals surface area contributed by atoms with Crippen molar-refractivity contribution in [3.8, 4) is 0 Å². The molecule has 0 fully saturated rings. The van der Waals surface area contributed by atoms with Crippen molar-refractivity contribution < 1.29 is 13.6 Å². The van der Waals surface area contributed by atoms with Crippen LogP contribution in [0.25, 0.3) is 0 Å². The molecule has 0 spiro atoms. The van der Waals surface area contributed by atoms with Gasteiger partial charge < -0.3 is 5.32 Å². The summed E-state index contributed by atoms with van der Waals surface area (Å²) in [4.78, 5) is 12.4. The maximum absolute atomic E-state index is 12.9. The molecule has 1 amide bonds. The lowest BCUT2D eigenvalue weighted by Crippen LogP contribution is -2.23. The Kier molecular flexibility index (Phi) is 5.60. The number of anilines is 1. The zero-order valence-corrected chi connectivity index (χ0v) is 15.3. The number of H-pyrrole nitrogens is 1. The first-order chi connectivity index (χ1) is 11.6. The lowest BCUT2D eigenvalue weighted by molar-refractivity contribution is -0.119. The number of amides is 1. The van der Waals surface area contributed by atoms with Crippen LogP contribution in [0, 0.1) is 12.8 Å². The van der Waals surface area contributed by atoms with E-state index < -0.39 is 12.1 Å². The molecule has 2 rings (SSSR count). The second-order valence-electron chi connectivity index (χ2n) is 7.45. The van der Waals surface area contributed by atoms with Gasteiger partial charge in [-0.15, -0.1) is 0 Å². The Morgan fingerprint density at radius 3 is 2.36 bits per heavy atom. The maximum atomic E-state index is 12.9. The Hall–Kier alpha value is -2.24. The number of nitrogens with zero attached hydrogens (tertiary/aromatic N) is 1. The number of halogens is 2. The summed E-state index contributed by atoms with van der Waals surface area (Å²) in [5, 5.41) is 8.63. The Morgan fingerprint density at radius 1 is 1.24 bits per heavy atom. The largest absolute Gasteiger partial charge is 0.323 e. The number of aromatic nitrogens is 2. The number of hydrogen-bond donors (Lipinski definition) is 2. The van der Waals surface area contributed by atoms with Gasteiger partial charge in [-0.1, -0.05) is 52.0 Å². The first-order valence-corrected chi connectivity index (χ1v) is 8.33. The average Bonchev–Trinajstić information content (AvgIpc) is 2.88. The van der Waals surface area contributed by atoms with Crippen LogP contribution < -0.4 is 5.32 Å². The van der Waals surface area contributed by atoms with Crippen molar-refractivity contribution >= 4 is 11.6 Å². The van der Waals surface area contributed by atoms with E-state index in [1.807, 2.05) is 12.1 Å². The van der Waals surface area contributed by atoms with E-state index >= 15 is 0 Å². The van der Waals surface area contributed by atoms with Gasteiger partial charge in [0.15, 0.2) is 5.69 Å². The first-order valence-electron chi connectivity index (χ1n) is 8.33. The third-order valence-corrected chi connectivity index (χ3v) is 4.24. The Labute approximate surface area is 147 Å². The van der Waals surface area contributed by atoms with E-state index in [9.17, 15) is 13.6 Å². The fourth-order valence-corrected chi connectivity index (χ4v) is 2.60. The monoisotopic (exact) mass is 349 g/mol. The minimum Gasteiger partial charge on any atom is -0.323 e. The number of carbonyl (C=O) groups excluding carboxylic acids is 1. The average molecular weight is 349 g/mol. The molecule has 1 atom stereocenters. The van der Waals surface area contributed by atoms with E-state index in [1.54, 1.807) is 13.8 Å². The van der Waals surface area contributed by atoms with Gasteiger partial charge in [-0.3, -0.25) is 9.89 Å². The second-order valence-corrected chi connectivity index (χ2v) is 7.45. The summed E-state index contributed by atoms with van der Waals surface area (Å²) in [5.41, 5.74) is 2.41. The lowest BCUT2D eigenvalue weighted by Gasteiger charge is -2.19. The number of benzene rings is 1. The molecule has 0 aliphatic heterocycles. The molecule has 1 unspecified atom stereocenters. The number of aromatic amines is 1. The summed E-state index contributed by atoms with van der Waals surface area (Å²) < 4.78 is 25.9. The smallest absolute Gasteiger partial charge is 0.284 e. The van der Waals surface area contributed by atoms with Gasteiger partial charge >= 0.3 is 0 Å². The number of aryl methyl sites for hydroxylation is 1. The topological polar surface area (TPSA) is 57.8 Å². The lowest BCUT2D eigenvalue weighted by atomic mass is 9.86. The van der Waals surface area contributed by atoms with E-state index in [1.165, 1.54) is 5.56 Å². The van der Waals surface area contributed by atoms with E-state index in [-0.39, 0.29) is 22.9 Å². The molecule has 0 aliphatic carbocycles. The molecule has 0 bridgehead atoms. The molecular formula is C19H25F2N3O. The van der Waals surface area contributed by atoms with Gasteiger partial charge in [0, 0.05) is 5.92 Å². The van der Waals surface area contributed by atoms with Crippen molar-refractivity contribution in [2.75, 3.05) is 5.32 Å². The SMILES string of the molecule is Cc1[nH]nc(C(F)F)c1NC(=O)C(C)Cc1ccc(C(C)(C)C)cc1. The van der Waals surface area contributed by atoms with Gasteiger partial charge in [0.05, 0.1) is 11.4 Å². The summed E-state index contributed by atoms with van der Waals surface area (Å²) in [6, 6.07) is 8.15. The normalized spacial score (nSPS) is 13.1. The van der Waals surface area contributed by atoms with Crippen LogP contribution in [0.3, 0.4) is 0 Å². The molecule has 6 heteroatoms. The highest BCUT2D eigenvalue weighted by Gasteiger charge is 2.23. The Bertz CT molecular complexity index is 730. The summed E-state index contributed by atoms with van der Waals surface area (Å²) in [6.07, 6.45) is -2.20. The fraction of sp³-hybridized carbons (Fsp3) is 0.474. The van der Waals surface area contributed by atoms with Gasteiger partial charge in [-0.25, -0.2) is 8.78 Å². The summed E-state index contributed by atoms with van der Waals surface area (Å²) in [5.74, 6) is -0.647. The van der Waals surface area contributed by atoms with Crippen molar-refractivity contribution in [1.29, 1.82) is 0 Å². The number of nitrogens with one attached hydrogen (secondary N) is 2. The molecule has 0 saturated heterocycles. The highest BCUT2D eigenvalue weighted by atomic mass is 19.3. The third kappa shape index (κ3) is 4.65. The number of hydrogen-bond acceptors (Lipinski definition) is 2. The Morgan fingerprint density at radius 2 is 1.84 bits per heavy atom. The molecule has 136 valence electrons. The Balaban J connectivity index is 2.05. The zero-order valence-electron chi connectivity index (χ0n) is 15.3. The minimum absolute atomic E-state index is 0.0754. The standard InChI is InChI=1S/C19H25F2N3O/c1-11(10-13-6-8-14(9-7-13)19(3,4)5)18(25)22-15-12(2)23-24-16(15)17(20)21/h6-9,11,17H,10H2,1-5H3,(H,22,25)(H,23,24). The van der Waals surface area contributed by atoms with E-state index in [0.717, 1.165) is 5.56 Å². The van der Waals surface area contributed by atoms with E-state index in [2.05, 4.69) is 48.4 Å². The van der Waals surface area contributed by atoms with Crippen LogP contribution in [0.5, 0.6) is 0 Å². The van der Waals surface area contributed by atoms with Crippen LogP contribution in [0.15, 0.2) is 24.3 Å². The van der Waals surface area contributed by atoms with Crippen LogP contribution in [0.2, 0.25) is 0 Å². The fourth-order valence-electron chi connectivity index (χ4n) is 2.60. The summed E-state index contributed by atoms with van der Waals surface area (Å²) in [6.45, 7) is 9.82. The van der Waals surface area contributed by atoms with Crippen LogP contribution in [0.1, 0.15) is 56.6 Å². The quantitative estimate of drug-likeness (QED) is 0.817. The zero-order chi connectivity index (χ0) is 18.8. The molecule has 2 aromatic rings. The molecule has 0 aliphatic rings. The van der Waals surface area contributed by atoms with Gasteiger partial charge in [0.25, 0.3) is 6.43 Å². The van der Waals surface area contributed by atoms with Crippen molar-refractivity contribution in [2.24, 2.45) is 5.92 Å². The minimum atomic E-state index is -2.74. The molecule has 4 nitrogen and oxygen atoms in total. The van der Waals surface area contributed by atoms with E-state index in [4.69, 9.17) is 0 Å². The van der Waals surface area contributed by atoms with E-state index in [0.29, 0.717) is 12.1 Å². The molecule has 2 N–H and O–H groups in total. The molecular weight excluding hydrogens is 324 g/mol. The van der Waals surface area contributed by atoms with Crippen LogP contribution in [-0.4, -0.2) is 16.1 Å². The highest BCUT2D eigenvalue weighted by Crippen LogP contribution is 2.28. The third-order valence-electron chi connectivity index (χ3n) is 4.24. The van der Waals surface area contributed by atoms with Gasteiger partial charge in [0.2, 0.25) is 5.91 Å². The summed E-state index contributed by atoms with van der Waals surface area (Å²) in [7, 11) is 0. The maximum Gasteiger partial charge on any atom is 0.284 e. The predicted molar refractivity (Wildman–Crippen MR) is 94.9 cm³/mol. The molecule has 1 aromatic carbocycles. The van der Waals surface area contributed by atoms with Crippen molar-refractivity contribution in [2.45, 2.75) is 52.9 Å². The highest BCUT2D eigenvalue weighted by molar-refractivity contribution is 5.93. The number of rotatable bonds is 5. The molecule has 25 heavy (non-hydrogen) atoms. The molecule has 0 saturated carbocycles. The second kappa shape index (κ2) is 7.33. The summed E-state index contributed by atoms with van der Waals surface area (Å²) >= 11 is 0. The molecule has 1 aromatic heterocycles. The van der Waals surface area contributed by atoms with Gasteiger partial charge in [-0.2, -0.15) is 5.10 Å². The number of carbonyl (C=O) groups is 1. The predicted octanol–water partition coefficient (Wildman–Crippen LogP) is 4.77. The van der Waals surface area contributed by atoms with Crippen LogP contribution >= 0.6 is 0 Å². The van der Waals surface area contributed by atoms with Crippen molar-refractivity contribution in [3.63, 3.8) is 0 Å². The molecule has 1 heterocycles. The first kappa shape index (κ1) is 19.1. The van der Waals surface area contributed by atoms with Gasteiger partial charge in [-0.05, 0) is 29.9 Å². The molecule has 0 radical (unpaired) electrons.